The molecule has 0 atom stereocenters. The molecule has 0 radical (unpaired) electrons. The van der Waals surface area contributed by atoms with E-state index in [4.69, 9.17) is 0 Å². The summed E-state index contributed by atoms with van der Waals surface area (Å²) in [5.41, 5.74) is 0. The van der Waals surface area contributed by atoms with E-state index in [2.05, 4.69) is 13.3 Å². The van der Waals surface area contributed by atoms with Gasteiger partial charge in [-0.3, -0.25) is 0 Å². The monoisotopic (exact) mass is 244 g/mol. The van der Waals surface area contributed by atoms with Gasteiger partial charge in [-0.1, -0.05) is 0 Å². The molecule has 1 fully saturated rings. The summed E-state index contributed by atoms with van der Waals surface area (Å²) in [4.78, 5) is 0. The lowest BCUT2D eigenvalue weighted by Crippen LogP contribution is -3.00. The fourth-order valence-electron chi connectivity index (χ4n) is 1.19. The average Bonchev–Trinajstić information content (AvgIpc) is 1.84. The van der Waals surface area contributed by atoms with Gasteiger partial charge in [-0.25, -0.2) is 0 Å². The third-order valence-electron chi connectivity index (χ3n) is 1.78. The molecule has 1 heterocycles. The van der Waals surface area contributed by atoms with Crippen molar-refractivity contribution in [2.75, 3.05) is 25.7 Å². The van der Waals surface area contributed by atoms with Crippen molar-refractivity contribution < 1.29 is 24.0 Å². The van der Waals surface area contributed by atoms with Gasteiger partial charge in [-0.2, -0.15) is 0 Å². The van der Waals surface area contributed by atoms with Crippen molar-refractivity contribution in [2.45, 2.75) is 12.8 Å². The Hall–Kier alpha value is 1.16. The van der Waals surface area contributed by atoms with E-state index in [1.807, 2.05) is 0 Å². The van der Waals surface area contributed by atoms with Crippen molar-refractivity contribution in [3.05, 3.63) is 0 Å². The van der Waals surface area contributed by atoms with Crippen LogP contribution in [0.1, 0.15) is 12.8 Å². The molecule has 0 N–H and O–H groups in total. The predicted octanol–water partition coefficient (Wildman–Crippen LogP) is -0.939. The highest BCUT2D eigenvalue weighted by Crippen LogP contribution is 2.56. The zero-order valence-electron chi connectivity index (χ0n) is 5.65. The summed E-state index contributed by atoms with van der Waals surface area (Å²) in [6.45, 7) is 4.94. The molecule has 1 aliphatic heterocycles. The van der Waals surface area contributed by atoms with Gasteiger partial charge in [0.25, 0.3) is 0 Å². The minimum atomic E-state index is -0.293. The maximum absolute atomic E-state index is 2.47. The van der Waals surface area contributed by atoms with Gasteiger partial charge in [0.2, 0.25) is 0 Å². The second-order valence-corrected chi connectivity index (χ2v) is 7.86. The molecule has 2 heteroatoms. The summed E-state index contributed by atoms with van der Waals surface area (Å²) >= 11 is 0. The Morgan fingerprint density at radius 1 is 1.00 bits per heavy atom. The van der Waals surface area contributed by atoms with E-state index in [0.29, 0.717) is 0 Å². The molecular weight excluding hydrogens is 230 g/mol. The lowest BCUT2D eigenvalue weighted by Gasteiger charge is -2.06. The number of halogens is 1. The van der Waals surface area contributed by atoms with Crippen molar-refractivity contribution in [1.29, 1.82) is 0 Å². The maximum atomic E-state index is 2.47. The molecule has 0 aromatic carbocycles. The van der Waals surface area contributed by atoms with Crippen molar-refractivity contribution in [1.82, 2.24) is 0 Å². The van der Waals surface area contributed by atoms with Gasteiger partial charge in [-0.05, 0) is 12.8 Å². The largest absolute Gasteiger partial charge is 1.00 e. The molecule has 0 unspecified atom stereocenters. The lowest BCUT2D eigenvalue weighted by molar-refractivity contribution is -0.00000173. The Bertz CT molecular complexity index is 62.9. The molecule has 1 rings (SSSR count). The third kappa shape index (κ3) is 2.63. The van der Waals surface area contributed by atoms with E-state index in [-0.39, 0.29) is 31.2 Å². The first-order valence-electron chi connectivity index (χ1n) is 3.03. The zero-order valence-corrected chi connectivity index (χ0v) is 8.71. The smallest absolute Gasteiger partial charge is 0.0590 e. The first-order valence-corrected chi connectivity index (χ1v) is 6.08. The first kappa shape index (κ1) is 9.16. The molecule has 8 heavy (non-hydrogen) atoms. The Morgan fingerprint density at radius 2 is 1.38 bits per heavy atom. The number of hydrogen-bond donors (Lipinski definition) is 0. The standard InChI is InChI=1S/C6H14P.HI/c1-7(2)5-3-4-6-7;/h3-6H2,1-2H3;1H/q+1;/p-1. The quantitative estimate of drug-likeness (QED) is 0.381. The minimum absolute atomic E-state index is 0. The van der Waals surface area contributed by atoms with Gasteiger partial charge < -0.3 is 24.0 Å². The van der Waals surface area contributed by atoms with E-state index in [0.717, 1.165) is 0 Å². The normalized spacial score (nSPS) is 24.8. The minimum Gasteiger partial charge on any atom is -1.00 e. The van der Waals surface area contributed by atoms with Crippen LogP contribution in [0.15, 0.2) is 0 Å². The SMILES string of the molecule is C[P+]1(C)CCCC1.[I-]. The summed E-state index contributed by atoms with van der Waals surface area (Å²) < 4.78 is 0. The molecule has 0 aromatic heterocycles. The average molecular weight is 244 g/mol. The van der Waals surface area contributed by atoms with Crippen LogP contribution in [-0.4, -0.2) is 25.7 Å². The van der Waals surface area contributed by atoms with Crippen LogP contribution in [0, 0.1) is 0 Å². The molecule has 1 aliphatic rings. The molecule has 0 aromatic rings. The number of rotatable bonds is 0. The fraction of sp³-hybridized carbons (Fsp3) is 1.00. The van der Waals surface area contributed by atoms with Crippen LogP contribution < -0.4 is 24.0 Å². The van der Waals surface area contributed by atoms with Crippen molar-refractivity contribution in [2.24, 2.45) is 0 Å². The van der Waals surface area contributed by atoms with Crippen molar-refractivity contribution in [3.63, 3.8) is 0 Å². The second kappa shape index (κ2) is 3.36. The number of hydrogen-bond acceptors (Lipinski definition) is 0. The van der Waals surface area contributed by atoms with Crippen LogP contribution in [0.3, 0.4) is 0 Å². The Morgan fingerprint density at radius 3 is 1.50 bits per heavy atom. The molecule has 0 amide bonds. The van der Waals surface area contributed by atoms with Crippen LogP contribution in [0.4, 0.5) is 0 Å². The molecule has 0 saturated carbocycles. The van der Waals surface area contributed by atoms with Crippen LogP contribution in [0.5, 0.6) is 0 Å². The van der Waals surface area contributed by atoms with Gasteiger partial charge in [0.15, 0.2) is 0 Å². The van der Waals surface area contributed by atoms with E-state index < -0.39 is 0 Å². The molecule has 0 spiro atoms. The Kier molecular flexibility index (Phi) is 3.85. The highest BCUT2D eigenvalue weighted by Gasteiger charge is 2.28. The highest BCUT2D eigenvalue weighted by atomic mass is 127. The van der Waals surface area contributed by atoms with Crippen molar-refractivity contribution in [3.8, 4) is 0 Å². The molecule has 0 aliphatic carbocycles. The summed E-state index contributed by atoms with van der Waals surface area (Å²) in [5, 5.41) is 0. The van der Waals surface area contributed by atoms with Gasteiger partial charge in [0.05, 0.1) is 12.3 Å². The summed E-state index contributed by atoms with van der Waals surface area (Å²) in [6, 6.07) is 0. The van der Waals surface area contributed by atoms with Crippen LogP contribution in [-0.2, 0) is 0 Å². The molecule has 0 bridgehead atoms. The van der Waals surface area contributed by atoms with E-state index in [1.165, 1.54) is 12.8 Å². The van der Waals surface area contributed by atoms with Gasteiger partial charge in [0, 0.05) is 20.6 Å². The van der Waals surface area contributed by atoms with Crippen LogP contribution in [0.2, 0.25) is 0 Å². The summed E-state index contributed by atoms with van der Waals surface area (Å²) in [6.07, 6.45) is 6.15. The Balaban J connectivity index is 0.000000490. The van der Waals surface area contributed by atoms with Crippen LogP contribution in [0.25, 0.3) is 0 Å². The predicted molar refractivity (Wildman–Crippen MR) is 37.7 cm³/mol. The lowest BCUT2D eigenvalue weighted by atomic mass is 10.4. The summed E-state index contributed by atoms with van der Waals surface area (Å²) in [5.74, 6) is 0. The molecule has 50 valence electrons. The Labute approximate surface area is 69.8 Å². The van der Waals surface area contributed by atoms with Crippen molar-refractivity contribution >= 4 is 7.26 Å². The maximum Gasteiger partial charge on any atom is 0.0590 e. The molecular formula is C6H14IP. The van der Waals surface area contributed by atoms with Gasteiger partial charge in [-0.15, -0.1) is 0 Å². The van der Waals surface area contributed by atoms with E-state index in [9.17, 15) is 0 Å². The molecule has 1 saturated heterocycles. The summed E-state index contributed by atoms with van der Waals surface area (Å²) in [7, 11) is -0.293. The first-order chi connectivity index (χ1) is 3.21. The second-order valence-electron chi connectivity index (χ2n) is 3.09. The van der Waals surface area contributed by atoms with E-state index in [1.54, 1.807) is 12.3 Å². The third-order valence-corrected chi connectivity index (χ3v) is 4.83. The topological polar surface area (TPSA) is 0 Å². The van der Waals surface area contributed by atoms with Gasteiger partial charge >= 0.3 is 0 Å². The highest BCUT2D eigenvalue weighted by molar-refractivity contribution is 7.74. The fourth-order valence-corrected chi connectivity index (χ4v) is 3.57. The van der Waals surface area contributed by atoms with E-state index >= 15 is 0 Å². The zero-order chi connectivity index (χ0) is 5.33. The molecule has 0 nitrogen and oxygen atoms in total. The van der Waals surface area contributed by atoms with Gasteiger partial charge in [0.1, 0.15) is 0 Å². The van der Waals surface area contributed by atoms with Crippen LogP contribution >= 0.6 is 7.26 Å².